The summed E-state index contributed by atoms with van der Waals surface area (Å²) in [5.74, 6) is 0. The first-order valence-electron chi connectivity index (χ1n) is 5.50. The quantitative estimate of drug-likeness (QED) is 0.712. The maximum absolute atomic E-state index is 4.53. The van der Waals surface area contributed by atoms with Crippen molar-refractivity contribution in [2.75, 3.05) is 7.05 Å². The van der Waals surface area contributed by atoms with Crippen molar-refractivity contribution in [3.8, 4) is 11.3 Å². The van der Waals surface area contributed by atoms with Gasteiger partial charge >= 0.3 is 0 Å². The molecule has 0 spiro atoms. The molecular formula is C12H13N5. The first kappa shape index (κ1) is 10.0. The molecule has 3 aromatic rings. The smallest absolute Gasteiger partial charge is 0.153 e. The molecule has 0 aliphatic rings. The third-order valence-corrected chi connectivity index (χ3v) is 2.62. The molecule has 0 bridgehead atoms. The average Bonchev–Trinajstić information content (AvgIpc) is 2.96. The third-order valence-electron chi connectivity index (χ3n) is 2.62. The van der Waals surface area contributed by atoms with Crippen LogP contribution in [-0.2, 0) is 6.54 Å². The lowest BCUT2D eigenvalue weighted by Crippen LogP contribution is -2.04. The second kappa shape index (κ2) is 4.03. The molecule has 0 aliphatic carbocycles. The van der Waals surface area contributed by atoms with E-state index in [1.807, 2.05) is 48.4 Å². The number of nitrogens with zero attached hydrogens (tertiary/aromatic N) is 3. The molecule has 5 heteroatoms. The number of aromatic nitrogens is 4. The monoisotopic (exact) mass is 227 g/mol. The van der Waals surface area contributed by atoms with E-state index in [2.05, 4.69) is 20.4 Å². The highest BCUT2D eigenvalue weighted by Gasteiger charge is 2.04. The van der Waals surface area contributed by atoms with Gasteiger partial charge in [0.25, 0.3) is 0 Å². The summed E-state index contributed by atoms with van der Waals surface area (Å²) in [6.07, 6.45) is 5.77. The number of rotatable bonds is 3. The minimum atomic E-state index is 0.753. The fraction of sp³-hybridized carbons (Fsp3) is 0.167. The highest BCUT2D eigenvalue weighted by Crippen LogP contribution is 2.16. The molecule has 0 radical (unpaired) electrons. The molecule has 86 valence electrons. The lowest BCUT2D eigenvalue weighted by molar-refractivity contribution is 0.796. The highest BCUT2D eigenvalue weighted by molar-refractivity contribution is 5.59. The number of hydrogen-bond donors (Lipinski definition) is 2. The van der Waals surface area contributed by atoms with E-state index in [9.17, 15) is 0 Å². The Morgan fingerprint density at radius 3 is 3.06 bits per heavy atom. The molecular weight excluding hydrogens is 214 g/mol. The van der Waals surface area contributed by atoms with Crippen molar-refractivity contribution < 1.29 is 0 Å². The Bertz CT molecular complexity index is 623. The summed E-state index contributed by atoms with van der Waals surface area (Å²) < 4.78 is 1.81. The maximum Gasteiger partial charge on any atom is 0.153 e. The number of nitrogens with one attached hydrogen (secondary N) is 2. The minimum absolute atomic E-state index is 0.753. The van der Waals surface area contributed by atoms with Gasteiger partial charge in [-0.15, -0.1) is 0 Å². The van der Waals surface area contributed by atoms with E-state index in [0.29, 0.717) is 0 Å². The summed E-state index contributed by atoms with van der Waals surface area (Å²) in [6, 6.07) is 5.96. The maximum atomic E-state index is 4.53. The van der Waals surface area contributed by atoms with Gasteiger partial charge in [0, 0.05) is 24.5 Å². The molecule has 17 heavy (non-hydrogen) atoms. The van der Waals surface area contributed by atoms with Crippen molar-refractivity contribution >= 4 is 5.65 Å². The van der Waals surface area contributed by atoms with Crippen LogP contribution in [0, 0.1) is 0 Å². The molecule has 0 unspecified atom stereocenters. The van der Waals surface area contributed by atoms with Gasteiger partial charge in [-0.3, -0.25) is 0 Å². The number of imidazole rings is 1. The molecule has 0 fully saturated rings. The van der Waals surface area contributed by atoms with Gasteiger partial charge in [0.15, 0.2) is 5.65 Å². The highest BCUT2D eigenvalue weighted by atomic mass is 15.3. The number of hydrogen-bond acceptors (Lipinski definition) is 3. The summed E-state index contributed by atoms with van der Waals surface area (Å²) in [4.78, 5) is 7.48. The van der Waals surface area contributed by atoms with Crippen LogP contribution < -0.4 is 5.32 Å². The topological polar surface area (TPSA) is 58.0 Å². The summed E-state index contributed by atoms with van der Waals surface area (Å²) in [5.41, 5.74) is 3.88. The van der Waals surface area contributed by atoms with E-state index in [1.165, 1.54) is 0 Å². The second-order valence-corrected chi connectivity index (χ2v) is 3.88. The predicted octanol–water partition coefficient (Wildman–Crippen LogP) is 1.44. The van der Waals surface area contributed by atoms with Crippen LogP contribution in [0.25, 0.3) is 16.9 Å². The summed E-state index contributed by atoms with van der Waals surface area (Å²) in [5, 5.41) is 7.61. The zero-order chi connectivity index (χ0) is 11.7. The molecule has 5 nitrogen and oxygen atoms in total. The van der Waals surface area contributed by atoms with Gasteiger partial charge in [-0.05, 0) is 25.2 Å². The van der Waals surface area contributed by atoms with Crippen molar-refractivity contribution in [3.63, 3.8) is 0 Å². The third kappa shape index (κ3) is 1.81. The molecule has 0 atom stereocenters. The molecule has 0 aromatic carbocycles. The van der Waals surface area contributed by atoms with E-state index < -0.39 is 0 Å². The zero-order valence-electron chi connectivity index (χ0n) is 9.51. The van der Waals surface area contributed by atoms with Crippen molar-refractivity contribution in [1.29, 1.82) is 0 Å². The van der Waals surface area contributed by atoms with Crippen LogP contribution in [0.3, 0.4) is 0 Å². The van der Waals surface area contributed by atoms with E-state index >= 15 is 0 Å². The fourth-order valence-electron chi connectivity index (χ4n) is 1.83. The van der Waals surface area contributed by atoms with E-state index in [4.69, 9.17) is 0 Å². The molecule has 2 N–H and O–H groups in total. The minimum Gasteiger partial charge on any atom is -0.367 e. The lowest BCUT2D eigenvalue weighted by atomic mass is 10.2. The van der Waals surface area contributed by atoms with Gasteiger partial charge in [0.05, 0.1) is 17.6 Å². The van der Waals surface area contributed by atoms with Crippen LogP contribution in [0.2, 0.25) is 0 Å². The second-order valence-electron chi connectivity index (χ2n) is 3.88. The standard InChI is InChI=1S/C12H13N5/c1-13-7-10-8-17-12(15-10)3-2-11(16-17)9-4-5-14-6-9/h2-6,8,13-14H,7H2,1H3. The molecule has 3 aromatic heterocycles. The van der Waals surface area contributed by atoms with Crippen LogP contribution in [0.4, 0.5) is 0 Å². The summed E-state index contributed by atoms with van der Waals surface area (Å²) in [6.45, 7) is 0.753. The Balaban J connectivity index is 2.06. The Hall–Kier alpha value is -2.14. The lowest BCUT2D eigenvalue weighted by Gasteiger charge is -1.97. The van der Waals surface area contributed by atoms with Gasteiger partial charge in [0.1, 0.15) is 0 Å². The molecule has 0 amide bonds. The largest absolute Gasteiger partial charge is 0.367 e. The molecule has 3 heterocycles. The van der Waals surface area contributed by atoms with Crippen molar-refractivity contribution in [2.45, 2.75) is 6.54 Å². The molecule has 0 saturated heterocycles. The molecule has 0 aliphatic heterocycles. The first-order chi connectivity index (χ1) is 8.36. The average molecular weight is 227 g/mol. The van der Waals surface area contributed by atoms with Crippen LogP contribution in [0.15, 0.2) is 36.8 Å². The Kier molecular flexibility index (Phi) is 2.38. The Morgan fingerprint density at radius 1 is 1.35 bits per heavy atom. The van der Waals surface area contributed by atoms with Gasteiger partial charge in [-0.1, -0.05) is 0 Å². The summed E-state index contributed by atoms with van der Waals surface area (Å²) >= 11 is 0. The van der Waals surface area contributed by atoms with E-state index in [0.717, 1.165) is 29.1 Å². The SMILES string of the molecule is CNCc1cn2nc(-c3cc[nH]c3)ccc2n1. The van der Waals surface area contributed by atoms with Gasteiger partial charge in [0.2, 0.25) is 0 Å². The van der Waals surface area contributed by atoms with Crippen LogP contribution in [0.5, 0.6) is 0 Å². The number of H-pyrrole nitrogens is 1. The first-order valence-corrected chi connectivity index (χ1v) is 5.50. The van der Waals surface area contributed by atoms with E-state index in [1.54, 1.807) is 0 Å². The van der Waals surface area contributed by atoms with Gasteiger partial charge < -0.3 is 10.3 Å². The fourth-order valence-corrected chi connectivity index (χ4v) is 1.83. The zero-order valence-corrected chi connectivity index (χ0v) is 9.51. The van der Waals surface area contributed by atoms with Crippen molar-refractivity contribution in [2.24, 2.45) is 0 Å². The predicted molar refractivity (Wildman–Crippen MR) is 65.5 cm³/mol. The number of aromatic amines is 1. The molecule has 0 saturated carbocycles. The van der Waals surface area contributed by atoms with Crippen LogP contribution in [-0.4, -0.2) is 26.6 Å². The van der Waals surface area contributed by atoms with Crippen molar-refractivity contribution in [1.82, 2.24) is 24.9 Å². The molecule has 3 rings (SSSR count). The van der Waals surface area contributed by atoms with Crippen molar-refractivity contribution in [3.05, 3.63) is 42.5 Å². The normalized spacial score (nSPS) is 11.1. The summed E-state index contributed by atoms with van der Waals surface area (Å²) in [7, 11) is 1.91. The van der Waals surface area contributed by atoms with Crippen LogP contribution >= 0.6 is 0 Å². The van der Waals surface area contributed by atoms with Gasteiger partial charge in [-0.25, -0.2) is 9.50 Å². The van der Waals surface area contributed by atoms with Gasteiger partial charge in [-0.2, -0.15) is 5.10 Å². The number of fused-ring (bicyclic) bond motifs is 1. The Morgan fingerprint density at radius 2 is 2.29 bits per heavy atom. The Labute approximate surface area is 98.5 Å². The van der Waals surface area contributed by atoms with Crippen LogP contribution in [0.1, 0.15) is 5.69 Å². The van der Waals surface area contributed by atoms with E-state index in [-0.39, 0.29) is 0 Å².